The van der Waals surface area contributed by atoms with Crippen molar-refractivity contribution >= 4 is 34.9 Å². The summed E-state index contributed by atoms with van der Waals surface area (Å²) < 4.78 is 7.52. The molecule has 2 aromatic carbocycles. The molecule has 0 spiro atoms. The second kappa shape index (κ2) is 10.5. The normalized spacial score (nSPS) is 16.9. The summed E-state index contributed by atoms with van der Waals surface area (Å²) >= 11 is 12.7. The lowest BCUT2D eigenvalue weighted by Gasteiger charge is -2.17. The van der Waals surface area contributed by atoms with Crippen LogP contribution in [0.15, 0.2) is 54.9 Å². The van der Waals surface area contributed by atoms with Crippen molar-refractivity contribution in [1.82, 2.24) is 25.1 Å². The average Bonchev–Trinajstić information content (AvgIpc) is 3.65. The second-order valence-electron chi connectivity index (χ2n) is 9.64. The van der Waals surface area contributed by atoms with E-state index in [0.717, 1.165) is 53.8 Å². The van der Waals surface area contributed by atoms with E-state index >= 15 is 0 Å². The van der Waals surface area contributed by atoms with Crippen molar-refractivity contribution in [3.63, 3.8) is 0 Å². The maximum Gasteiger partial charge on any atom is 0.260 e. The molecule has 4 heterocycles. The van der Waals surface area contributed by atoms with Crippen LogP contribution in [0.25, 0.3) is 22.5 Å². The summed E-state index contributed by atoms with van der Waals surface area (Å²) in [7, 11) is 1.88. The highest BCUT2D eigenvalue weighted by molar-refractivity contribution is 6.31. The molecule has 6 rings (SSSR count). The van der Waals surface area contributed by atoms with Crippen molar-refractivity contribution in [3.05, 3.63) is 81.7 Å². The van der Waals surface area contributed by atoms with E-state index in [1.807, 2.05) is 60.1 Å². The molecule has 0 bridgehead atoms. The first-order valence-corrected chi connectivity index (χ1v) is 13.3. The molecule has 8 nitrogen and oxygen atoms in total. The van der Waals surface area contributed by atoms with Crippen molar-refractivity contribution in [2.45, 2.75) is 32.0 Å². The van der Waals surface area contributed by atoms with Gasteiger partial charge in [0.05, 0.1) is 12.6 Å². The zero-order valence-corrected chi connectivity index (χ0v) is 22.3. The zero-order valence-electron chi connectivity index (χ0n) is 20.8. The molecule has 0 radical (unpaired) electrons. The Balaban J connectivity index is 1.26. The fourth-order valence-corrected chi connectivity index (χ4v) is 5.49. The maximum atomic E-state index is 13.6. The lowest BCUT2D eigenvalue weighted by Crippen LogP contribution is -2.27. The van der Waals surface area contributed by atoms with Gasteiger partial charge < -0.3 is 14.6 Å². The molecule has 1 fully saturated rings. The molecule has 1 N–H and O–H groups in total. The van der Waals surface area contributed by atoms with Gasteiger partial charge in [0.15, 0.2) is 5.82 Å². The number of amides is 1. The molecule has 2 aromatic heterocycles. The number of nitrogens with zero attached hydrogens (tertiary/aromatic N) is 5. The molecule has 2 aliphatic rings. The van der Waals surface area contributed by atoms with Crippen LogP contribution in [-0.4, -0.2) is 44.9 Å². The highest BCUT2D eigenvalue weighted by Crippen LogP contribution is 2.36. The Hall–Kier alpha value is -3.30. The van der Waals surface area contributed by atoms with Crippen molar-refractivity contribution < 1.29 is 9.53 Å². The average molecular weight is 549 g/mol. The summed E-state index contributed by atoms with van der Waals surface area (Å²) in [5, 5.41) is 12.7. The Morgan fingerprint density at radius 1 is 1.08 bits per heavy atom. The van der Waals surface area contributed by atoms with E-state index in [-0.39, 0.29) is 12.0 Å². The monoisotopic (exact) mass is 548 g/mol. The zero-order chi connectivity index (χ0) is 26.2. The number of hydrogen-bond acceptors (Lipinski definition) is 6. The van der Waals surface area contributed by atoms with Crippen LogP contribution in [0.3, 0.4) is 0 Å². The topological polar surface area (TPSA) is 85.2 Å². The molecule has 0 aliphatic carbocycles. The fraction of sp³-hybridized carbons (Fsp3) is 0.286. The van der Waals surface area contributed by atoms with Crippen LogP contribution >= 0.6 is 23.2 Å². The van der Waals surface area contributed by atoms with Crippen molar-refractivity contribution in [1.29, 1.82) is 0 Å². The molecule has 1 saturated heterocycles. The summed E-state index contributed by atoms with van der Waals surface area (Å²) in [4.78, 5) is 19.7. The molecule has 10 heteroatoms. The molecule has 1 unspecified atom stereocenters. The largest absolute Gasteiger partial charge is 0.377 e. The SMILES string of the molecule is Cn1cnnc1-c1cc(Cl)ccc1-c1ccc2c(c1)C(=O)N(c1cc(CNCC3CCCO3)cc(Cl)n1)C2. The molecule has 38 heavy (non-hydrogen) atoms. The fourth-order valence-electron chi connectivity index (χ4n) is 5.09. The predicted molar refractivity (Wildman–Crippen MR) is 147 cm³/mol. The molecule has 4 aromatic rings. The predicted octanol–water partition coefficient (Wildman–Crippen LogP) is 5.28. The number of rotatable bonds is 7. The lowest BCUT2D eigenvalue weighted by atomic mass is 9.96. The Morgan fingerprint density at radius 3 is 2.76 bits per heavy atom. The van der Waals surface area contributed by atoms with E-state index in [1.54, 1.807) is 11.2 Å². The van der Waals surface area contributed by atoms with Crippen LogP contribution < -0.4 is 10.2 Å². The Labute approximate surface area is 230 Å². The third-order valence-corrected chi connectivity index (χ3v) is 7.43. The first-order valence-electron chi connectivity index (χ1n) is 12.5. The molecule has 0 saturated carbocycles. The molecule has 2 aliphatic heterocycles. The molecular formula is C28H26Cl2N6O2. The van der Waals surface area contributed by atoms with Gasteiger partial charge in [-0.3, -0.25) is 9.69 Å². The van der Waals surface area contributed by atoms with Crippen LogP contribution in [0.2, 0.25) is 10.2 Å². The molecule has 1 amide bonds. The van der Waals surface area contributed by atoms with E-state index < -0.39 is 0 Å². The quantitative estimate of drug-likeness (QED) is 0.316. The van der Waals surface area contributed by atoms with Crippen LogP contribution in [-0.2, 0) is 24.9 Å². The summed E-state index contributed by atoms with van der Waals surface area (Å²) in [6, 6.07) is 15.3. The van der Waals surface area contributed by atoms with Gasteiger partial charge >= 0.3 is 0 Å². The van der Waals surface area contributed by atoms with Gasteiger partial charge in [0, 0.05) is 42.9 Å². The van der Waals surface area contributed by atoms with Gasteiger partial charge in [0.25, 0.3) is 5.91 Å². The van der Waals surface area contributed by atoms with Crippen LogP contribution in [0.1, 0.15) is 34.3 Å². The summed E-state index contributed by atoms with van der Waals surface area (Å²) in [5.41, 5.74) is 5.20. The second-order valence-corrected chi connectivity index (χ2v) is 10.5. The van der Waals surface area contributed by atoms with Crippen molar-refractivity contribution in [2.24, 2.45) is 7.05 Å². The number of hydrogen-bond donors (Lipinski definition) is 1. The van der Waals surface area contributed by atoms with Gasteiger partial charge in [0.1, 0.15) is 17.3 Å². The van der Waals surface area contributed by atoms with E-state index in [0.29, 0.717) is 40.5 Å². The minimum absolute atomic E-state index is 0.107. The third kappa shape index (κ3) is 4.92. The van der Waals surface area contributed by atoms with Crippen LogP contribution in [0, 0.1) is 0 Å². The number of anilines is 1. The Morgan fingerprint density at radius 2 is 1.97 bits per heavy atom. The number of halogens is 2. The van der Waals surface area contributed by atoms with E-state index in [9.17, 15) is 4.79 Å². The lowest BCUT2D eigenvalue weighted by molar-refractivity contribution is 0.0996. The summed E-state index contributed by atoms with van der Waals surface area (Å²) in [6.07, 6.45) is 4.09. The van der Waals surface area contributed by atoms with Crippen molar-refractivity contribution in [3.8, 4) is 22.5 Å². The summed E-state index contributed by atoms with van der Waals surface area (Å²) in [5.74, 6) is 1.13. The van der Waals surface area contributed by atoms with Gasteiger partial charge in [-0.15, -0.1) is 10.2 Å². The highest BCUT2D eigenvalue weighted by atomic mass is 35.5. The van der Waals surface area contributed by atoms with Crippen LogP contribution in [0.4, 0.5) is 5.82 Å². The number of aromatic nitrogens is 4. The summed E-state index contributed by atoms with van der Waals surface area (Å²) in [6.45, 7) is 2.67. The molecule has 194 valence electrons. The Bertz CT molecular complexity index is 1520. The Kier molecular flexibility index (Phi) is 6.88. The van der Waals surface area contributed by atoms with Crippen LogP contribution in [0.5, 0.6) is 0 Å². The smallest absolute Gasteiger partial charge is 0.260 e. The number of fused-ring (bicyclic) bond motifs is 1. The number of nitrogens with one attached hydrogen (secondary N) is 1. The number of ether oxygens (including phenoxy) is 1. The van der Waals surface area contributed by atoms with E-state index in [4.69, 9.17) is 27.9 Å². The minimum Gasteiger partial charge on any atom is -0.377 e. The molecule has 1 atom stereocenters. The maximum absolute atomic E-state index is 13.6. The van der Waals surface area contributed by atoms with E-state index in [1.165, 1.54) is 0 Å². The number of aryl methyl sites for hydroxylation is 1. The van der Waals surface area contributed by atoms with Gasteiger partial charge in [-0.05, 0) is 65.4 Å². The minimum atomic E-state index is -0.107. The molecular weight excluding hydrogens is 523 g/mol. The first-order chi connectivity index (χ1) is 18.5. The van der Waals surface area contributed by atoms with Gasteiger partial charge in [-0.1, -0.05) is 41.4 Å². The highest BCUT2D eigenvalue weighted by Gasteiger charge is 2.30. The van der Waals surface area contributed by atoms with Gasteiger partial charge in [-0.2, -0.15) is 0 Å². The van der Waals surface area contributed by atoms with Gasteiger partial charge in [-0.25, -0.2) is 4.98 Å². The van der Waals surface area contributed by atoms with E-state index in [2.05, 4.69) is 20.5 Å². The first kappa shape index (κ1) is 25.0. The number of pyridine rings is 1. The number of carbonyl (C=O) groups excluding carboxylic acids is 1. The standard InChI is InChI=1S/C28H26Cl2N6O2/c1-35-16-32-34-27(35)24-12-20(29)6-7-22(24)18-4-5-19-15-36(28(37)23(19)11-18)26-10-17(9-25(30)33-26)13-31-14-21-3-2-8-38-21/h4-7,9-12,16,21,31H,2-3,8,13-15H2,1H3. The third-order valence-electron chi connectivity index (χ3n) is 7.00. The van der Waals surface area contributed by atoms with Gasteiger partial charge in [0.2, 0.25) is 0 Å². The number of benzene rings is 2. The van der Waals surface area contributed by atoms with Crippen molar-refractivity contribution in [2.75, 3.05) is 18.1 Å². The number of carbonyl (C=O) groups is 1.